The molecular weight excluding hydrogens is 342 g/mol. The summed E-state index contributed by atoms with van der Waals surface area (Å²) in [5.74, 6) is 0.890. The van der Waals surface area contributed by atoms with Crippen molar-refractivity contribution < 1.29 is 9.53 Å². The molecule has 0 aliphatic carbocycles. The van der Waals surface area contributed by atoms with E-state index in [2.05, 4.69) is 27.7 Å². The highest BCUT2D eigenvalue weighted by Crippen LogP contribution is 2.25. The average molecular weight is 365 g/mol. The van der Waals surface area contributed by atoms with Gasteiger partial charge in [-0.2, -0.15) is 4.52 Å². The smallest absolute Gasteiger partial charge is 0.258 e. The van der Waals surface area contributed by atoms with E-state index in [9.17, 15) is 4.79 Å². The van der Waals surface area contributed by atoms with Crippen LogP contribution >= 0.6 is 0 Å². The van der Waals surface area contributed by atoms with Gasteiger partial charge in [-0.1, -0.05) is 12.1 Å². The van der Waals surface area contributed by atoms with Gasteiger partial charge >= 0.3 is 0 Å². The summed E-state index contributed by atoms with van der Waals surface area (Å²) < 4.78 is 6.86. The fraction of sp³-hybridized carbons (Fsp3) is 0.400. The number of likely N-dealkylation sites (tertiary alicyclic amines) is 1. The molecule has 1 aliphatic rings. The van der Waals surface area contributed by atoms with Gasteiger partial charge in [0.15, 0.2) is 5.65 Å². The first-order valence-corrected chi connectivity index (χ1v) is 9.37. The first-order chi connectivity index (χ1) is 13.3. The van der Waals surface area contributed by atoms with Crippen molar-refractivity contribution in [3.05, 3.63) is 53.7 Å². The Labute approximate surface area is 157 Å². The predicted molar refractivity (Wildman–Crippen MR) is 101 cm³/mol. The van der Waals surface area contributed by atoms with Crippen LogP contribution in [0.1, 0.15) is 41.6 Å². The molecule has 27 heavy (non-hydrogen) atoms. The molecule has 3 aromatic rings. The van der Waals surface area contributed by atoms with E-state index in [-0.39, 0.29) is 11.9 Å². The molecule has 0 unspecified atom stereocenters. The Morgan fingerprint density at radius 3 is 3.07 bits per heavy atom. The zero-order valence-electron chi connectivity index (χ0n) is 15.4. The van der Waals surface area contributed by atoms with Gasteiger partial charge in [0.1, 0.15) is 5.75 Å². The fourth-order valence-corrected chi connectivity index (χ4v) is 3.82. The number of methoxy groups -OCH3 is 1. The summed E-state index contributed by atoms with van der Waals surface area (Å²) in [6.07, 6.45) is 6.83. The highest BCUT2D eigenvalue weighted by molar-refractivity contribution is 5.99. The Kier molecular flexibility index (Phi) is 5.00. The topological polar surface area (TPSA) is 72.6 Å². The number of carbonyl (C=O) groups is 1. The summed E-state index contributed by atoms with van der Waals surface area (Å²) in [6, 6.07) is 12.0. The third-order valence-electron chi connectivity index (χ3n) is 5.24. The largest absolute Gasteiger partial charge is 0.497 e. The van der Waals surface area contributed by atoms with Crippen LogP contribution in [0, 0.1) is 0 Å². The summed E-state index contributed by atoms with van der Waals surface area (Å²) in [5, 5.41) is 11.6. The lowest BCUT2D eigenvalue weighted by atomic mass is 9.95. The van der Waals surface area contributed by atoms with Crippen molar-refractivity contribution in [2.75, 3.05) is 13.7 Å². The molecule has 0 bridgehead atoms. The second kappa shape index (κ2) is 7.73. The zero-order chi connectivity index (χ0) is 18.6. The van der Waals surface area contributed by atoms with Gasteiger partial charge < -0.3 is 9.64 Å². The van der Waals surface area contributed by atoms with E-state index in [1.165, 1.54) is 5.56 Å². The summed E-state index contributed by atoms with van der Waals surface area (Å²) in [6.45, 7) is 0.782. The first kappa shape index (κ1) is 17.5. The molecule has 0 radical (unpaired) electrons. The first-order valence-electron chi connectivity index (χ1n) is 9.37. The van der Waals surface area contributed by atoms with Crippen LogP contribution in [0.4, 0.5) is 0 Å². The number of rotatable bonds is 5. The molecule has 1 amide bonds. The van der Waals surface area contributed by atoms with Crippen LogP contribution < -0.4 is 4.74 Å². The molecule has 0 N–H and O–H groups in total. The Morgan fingerprint density at radius 2 is 2.19 bits per heavy atom. The minimum Gasteiger partial charge on any atom is -0.497 e. The molecule has 2 aromatic heterocycles. The number of ether oxygens (including phenoxy) is 1. The molecular formula is C20H23N5O2. The molecule has 1 saturated heterocycles. The standard InChI is InChI=1S/C20H23N5O2/c1-27-17-8-4-6-15(14-17)10-11-16-7-2-3-12-24(16)20(26)18-9-5-13-25-19(18)21-22-23-25/h4-6,8-9,13-14,16H,2-3,7,10-12H2,1H3/t16-/m0/s1. The number of hydrogen-bond acceptors (Lipinski definition) is 5. The summed E-state index contributed by atoms with van der Waals surface area (Å²) in [4.78, 5) is 15.2. The van der Waals surface area contributed by atoms with E-state index in [0.717, 1.165) is 44.4 Å². The summed E-state index contributed by atoms with van der Waals surface area (Å²) in [5.41, 5.74) is 2.31. The normalized spacial score (nSPS) is 17.2. The van der Waals surface area contributed by atoms with E-state index in [4.69, 9.17) is 4.74 Å². The van der Waals surface area contributed by atoms with Gasteiger partial charge in [-0.15, -0.1) is 5.10 Å². The molecule has 7 heteroatoms. The van der Waals surface area contributed by atoms with Crippen molar-refractivity contribution in [3.63, 3.8) is 0 Å². The summed E-state index contributed by atoms with van der Waals surface area (Å²) >= 11 is 0. The Hall–Kier alpha value is -2.96. The van der Waals surface area contributed by atoms with Crippen LogP contribution in [-0.4, -0.2) is 50.5 Å². The fourth-order valence-electron chi connectivity index (χ4n) is 3.82. The number of piperidine rings is 1. The Balaban J connectivity index is 1.51. The van der Waals surface area contributed by atoms with Gasteiger partial charge in [-0.3, -0.25) is 4.79 Å². The van der Waals surface area contributed by atoms with Crippen LogP contribution in [0.5, 0.6) is 5.75 Å². The van der Waals surface area contributed by atoms with Crippen LogP contribution in [0.2, 0.25) is 0 Å². The monoisotopic (exact) mass is 365 g/mol. The van der Waals surface area contributed by atoms with Gasteiger partial charge in [-0.25, -0.2) is 0 Å². The second-order valence-electron chi connectivity index (χ2n) is 6.91. The van der Waals surface area contributed by atoms with Gasteiger partial charge in [0.2, 0.25) is 0 Å². The number of tetrazole rings is 1. The minimum absolute atomic E-state index is 0.0192. The van der Waals surface area contributed by atoms with Crippen molar-refractivity contribution in [1.82, 2.24) is 24.9 Å². The maximum absolute atomic E-state index is 13.2. The SMILES string of the molecule is COc1cccc(CC[C@@H]2CCCCN2C(=O)c2cccn3nnnc23)c1. The number of nitrogens with zero attached hydrogens (tertiary/aromatic N) is 5. The van der Waals surface area contributed by atoms with Gasteiger partial charge in [0.25, 0.3) is 5.91 Å². The Morgan fingerprint density at radius 1 is 1.26 bits per heavy atom. The van der Waals surface area contributed by atoms with E-state index in [1.54, 1.807) is 17.8 Å². The lowest BCUT2D eigenvalue weighted by Crippen LogP contribution is -2.44. The number of aromatic nitrogens is 4. The minimum atomic E-state index is 0.0192. The highest BCUT2D eigenvalue weighted by atomic mass is 16.5. The highest BCUT2D eigenvalue weighted by Gasteiger charge is 2.28. The number of aryl methyl sites for hydroxylation is 1. The molecule has 1 fully saturated rings. The maximum atomic E-state index is 13.2. The number of pyridine rings is 1. The lowest BCUT2D eigenvalue weighted by Gasteiger charge is -2.36. The Bertz CT molecular complexity index is 939. The van der Waals surface area contributed by atoms with Gasteiger partial charge in [-0.05, 0) is 72.4 Å². The van der Waals surface area contributed by atoms with E-state index in [1.807, 2.05) is 29.2 Å². The van der Waals surface area contributed by atoms with Gasteiger partial charge in [0.05, 0.1) is 12.7 Å². The van der Waals surface area contributed by atoms with Crippen LogP contribution in [0.25, 0.3) is 5.65 Å². The molecule has 0 saturated carbocycles. The molecule has 140 valence electrons. The van der Waals surface area contributed by atoms with E-state index < -0.39 is 0 Å². The van der Waals surface area contributed by atoms with Crippen LogP contribution in [0.15, 0.2) is 42.6 Å². The molecule has 3 heterocycles. The quantitative estimate of drug-likeness (QED) is 0.695. The molecule has 0 spiro atoms. The van der Waals surface area contributed by atoms with Crippen molar-refractivity contribution in [1.29, 1.82) is 0 Å². The lowest BCUT2D eigenvalue weighted by molar-refractivity contribution is 0.0603. The van der Waals surface area contributed by atoms with Crippen LogP contribution in [-0.2, 0) is 6.42 Å². The number of hydrogen-bond donors (Lipinski definition) is 0. The number of fused-ring (bicyclic) bond motifs is 1. The number of amides is 1. The maximum Gasteiger partial charge on any atom is 0.258 e. The number of carbonyl (C=O) groups excluding carboxylic acids is 1. The molecule has 4 rings (SSSR count). The summed E-state index contributed by atoms with van der Waals surface area (Å²) in [7, 11) is 1.68. The van der Waals surface area contributed by atoms with Crippen molar-refractivity contribution in [2.45, 2.75) is 38.1 Å². The second-order valence-corrected chi connectivity index (χ2v) is 6.91. The molecule has 1 aliphatic heterocycles. The predicted octanol–water partition coefficient (Wildman–Crippen LogP) is 2.76. The molecule has 1 aromatic carbocycles. The van der Waals surface area contributed by atoms with Crippen molar-refractivity contribution in [2.24, 2.45) is 0 Å². The third kappa shape index (κ3) is 3.63. The number of benzene rings is 1. The van der Waals surface area contributed by atoms with E-state index in [0.29, 0.717) is 11.2 Å². The van der Waals surface area contributed by atoms with E-state index >= 15 is 0 Å². The van der Waals surface area contributed by atoms with Crippen LogP contribution in [0.3, 0.4) is 0 Å². The molecule has 7 nitrogen and oxygen atoms in total. The van der Waals surface area contributed by atoms with Gasteiger partial charge in [0, 0.05) is 18.8 Å². The van der Waals surface area contributed by atoms with Crippen molar-refractivity contribution in [3.8, 4) is 5.75 Å². The zero-order valence-corrected chi connectivity index (χ0v) is 15.4. The van der Waals surface area contributed by atoms with Crippen molar-refractivity contribution >= 4 is 11.6 Å². The average Bonchev–Trinajstić information content (AvgIpc) is 3.21. The molecule has 1 atom stereocenters. The third-order valence-corrected chi connectivity index (χ3v) is 5.24.